The first kappa shape index (κ1) is 9.01. The van der Waals surface area contributed by atoms with Crippen LogP contribution in [0.2, 0.25) is 0 Å². The van der Waals surface area contributed by atoms with Gasteiger partial charge in [-0.2, -0.15) is 0 Å². The maximum Gasteiger partial charge on any atom is 0.410 e. The number of allylic oxidation sites excluding steroid dienone is 3. The van der Waals surface area contributed by atoms with Gasteiger partial charge in [-0.3, -0.25) is 0 Å². The van der Waals surface area contributed by atoms with Gasteiger partial charge in [-0.1, -0.05) is 24.3 Å². The van der Waals surface area contributed by atoms with Crippen molar-refractivity contribution in [2.75, 3.05) is 13.2 Å². The SMILES string of the molecule is O=C1OCCN1C1CCC2C=CC=CC21. The molecule has 1 heterocycles. The minimum atomic E-state index is -0.122. The van der Waals surface area contributed by atoms with Gasteiger partial charge in [0.05, 0.1) is 6.54 Å². The lowest BCUT2D eigenvalue weighted by atomic mass is 9.89. The molecule has 3 nitrogen and oxygen atoms in total. The van der Waals surface area contributed by atoms with Crippen LogP contribution in [0.1, 0.15) is 12.8 Å². The van der Waals surface area contributed by atoms with Crippen LogP contribution < -0.4 is 0 Å². The molecule has 0 bridgehead atoms. The van der Waals surface area contributed by atoms with Gasteiger partial charge >= 0.3 is 6.09 Å². The van der Waals surface area contributed by atoms with Crippen molar-refractivity contribution in [3.63, 3.8) is 0 Å². The zero-order valence-corrected chi connectivity index (χ0v) is 8.63. The van der Waals surface area contributed by atoms with Crippen molar-refractivity contribution in [1.82, 2.24) is 4.90 Å². The predicted octanol–water partition coefficient (Wildman–Crippen LogP) is 1.96. The fourth-order valence-corrected chi connectivity index (χ4v) is 3.00. The zero-order chi connectivity index (χ0) is 10.3. The molecule has 1 amide bonds. The summed E-state index contributed by atoms with van der Waals surface area (Å²) in [5.74, 6) is 1.15. The van der Waals surface area contributed by atoms with Gasteiger partial charge in [0.2, 0.25) is 0 Å². The number of carbonyl (C=O) groups is 1. The van der Waals surface area contributed by atoms with E-state index in [0.29, 0.717) is 24.5 Å². The van der Waals surface area contributed by atoms with Crippen LogP contribution in [-0.4, -0.2) is 30.2 Å². The highest BCUT2D eigenvalue weighted by Gasteiger charge is 2.41. The Morgan fingerprint density at radius 2 is 2.13 bits per heavy atom. The number of hydrogen-bond acceptors (Lipinski definition) is 2. The number of cyclic esters (lactones) is 1. The van der Waals surface area contributed by atoms with E-state index in [1.807, 2.05) is 4.90 Å². The average molecular weight is 205 g/mol. The van der Waals surface area contributed by atoms with Crippen molar-refractivity contribution in [3.05, 3.63) is 24.3 Å². The van der Waals surface area contributed by atoms with E-state index >= 15 is 0 Å². The molecule has 0 N–H and O–H groups in total. The number of ether oxygens (including phenoxy) is 1. The van der Waals surface area contributed by atoms with Crippen molar-refractivity contribution in [2.45, 2.75) is 18.9 Å². The molecule has 3 unspecified atom stereocenters. The highest BCUT2D eigenvalue weighted by molar-refractivity contribution is 5.70. The molecule has 3 atom stereocenters. The number of fused-ring (bicyclic) bond motifs is 1. The maximum absolute atomic E-state index is 11.5. The van der Waals surface area contributed by atoms with Gasteiger partial charge in [0.15, 0.2) is 0 Å². The molecule has 0 spiro atoms. The Morgan fingerprint density at radius 1 is 1.27 bits per heavy atom. The molecule has 0 radical (unpaired) electrons. The predicted molar refractivity (Wildman–Crippen MR) is 56.3 cm³/mol. The van der Waals surface area contributed by atoms with E-state index in [0.717, 1.165) is 13.0 Å². The molecule has 3 heteroatoms. The van der Waals surface area contributed by atoms with E-state index in [1.54, 1.807) is 0 Å². The van der Waals surface area contributed by atoms with Crippen LogP contribution in [0.4, 0.5) is 4.79 Å². The lowest BCUT2D eigenvalue weighted by Gasteiger charge is -2.28. The van der Waals surface area contributed by atoms with E-state index < -0.39 is 0 Å². The second-order valence-corrected chi connectivity index (χ2v) is 4.46. The van der Waals surface area contributed by atoms with Gasteiger partial charge in [0.25, 0.3) is 0 Å². The maximum atomic E-state index is 11.5. The first-order valence-corrected chi connectivity index (χ1v) is 5.64. The summed E-state index contributed by atoms with van der Waals surface area (Å²) in [6, 6.07) is 0.367. The van der Waals surface area contributed by atoms with E-state index in [4.69, 9.17) is 4.74 Å². The second-order valence-electron chi connectivity index (χ2n) is 4.46. The Labute approximate surface area is 89.4 Å². The third-order valence-electron chi connectivity index (χ3n) is 3.73. The Balaban J connectivity index is 1.80. The molecule has 2 aliphatic carbocycles. The van der Waals surface area contributed by atoms with Crippen LogP contribution in [0, 0.1) is 11.8 Å². The molecular formula is C12H15NO2. The van der Waals surface area contributed by atoms with Crippen molar-refractivity contribution in [1.29, 1.82) is 0 Å². The van der Waals surface area contributed by atoms with Gasteiger partial charge in [-0.25, -0.2) is 4.79 Å². The number of carbonyl (C=O) groups excluding carboxylic acids is 1. The zero-order valence-electron chi connectivity index (χ0n) is 8.63. The van der Waals surface area contributed by atoms with Gasteiger partial charge in [-0.15, -0.1) is 0 Å². The van der Waals surface area contributed by atoms with Crippen LogP contribution >= 0.6 is 0 Å². The standard InChI is InChI=1S/C12H15NO2/c14-12-13(7-8-15-12)11-6-5-9-3-1-2-4-10(9)11/h1-4,9-11H,5-8H2. The molecule has 1 saturated carbocycles. The van der Waals surface area contributed by atoms with Crippen LogP contribution in [0.15, 0.2) is 24.3 Å². The number of amides is 1. The van der Waals surface area contributed by atoms with Crippen LogP contribution in [0.5, 0.6) is 0 Å². The fourth-order valence-electron chi connectivity index (χ4n) is 3.00. The van der Waals surface area contributed by atoms with Crippen molar-refractivity contribution in [3.8, 4) is 0 Å². The van der Waals surface area contributed by atoms with Crippen LogP contribution in [0.25, 0.3) is 0 Å². The highest BCUT2D eigenvalue weighted by atomic mass is 16.6. The molecule has 3 rings (SSSR count). The molecule has 1 aliphatic heterocycles. The van der Waals surface area contributed by atoms with E-state index in [2.05, 4.69) is 24.3 Å². The Kier molecular flexibility index (Phi) is 2.04. The normalized spacial score (nSPS) is 38.3. The second kappa shape index (κ2) is 3.40. The summed E-state index contributed by atoms with van der Waals surface area (Å²) in [7, 11) is 0. The topological polar surface area (TPSA) is 29.5 Å². The minimum Gasteiger partial charge on any atom is -0.448 e. The molecule has 0 aromatic heterocycles. The van der Waals surface area contributed by atoms with Gasteiger partial charge < -0.3 is 9.64 Å². The monoisotopic (exact) mass is 205 g/mol. The largest absolute Gasteiger partial charge is 0.448 e. The van der Waals surface area contributed by atoms with Crippen LogP contribution in [-0.2, 0) is 4.74 Å². The summed E-state index contributed by atoms with van der Waals surface area (Å²) in [5.41, 5.74) is 0. The average Bonchev–Trinajstić information content (AvgIpc) is 2.83. The van der Waals surface area contributed by atoms with Crippen molar-refractivity contribution < 1.29 is 9.53 Å². The van der Waals surface area contributed by atoms with E-state index in [-0.39, 0.29) is 6.09 Å². The molecule has 0 aromatic rings. The van der Waals surface area contributed by atoms with Gasteiger partial charge in [0, 0.05) is 12.0 Å². The Morgan fingerprint density at radius 3 is 2.93 bits per heavy atom. The lowest BCUT2D eigenvalue weighted by molar-refractivity contribution is 0.142. The summed E-state index contributed by atoms with van der Waals surface area (Å²) in [6.07, 6.45) is 10.9. The number of rotatable bonds is 1. The summed E-state index contributed by atoms with van der Waals surface area (Å²) >= 11 is 0. The molecule has 80 valence electrons. The van der Waals surface area contributed by atoms with Gasteiger partial charge in [0.1, 0.15) is 6.61 Å². The fraction of sp³-hybridized carbons (Fsp3) is 0.583. The molecular weight excluding hydrogens is 190 g/mol. The molecule has 3 aliphatic rings. The molecule has 2 fully saturated rings. The smallest absolute Gasteiger partial charge is 0.410 e. The number of nitrogens with zero attached hydrogens (tertiary/aromatic N) is 1. The summed E-state index contributed by atoms with van der Waals surface area (Å²) in [4.78, 5) is 13.4. The lowest BCUT2D eigenvalue weighted by Crippen LogP contribution is -2.39. The number of hydrogen-bond donors (Lipinski definition) is 0. The van der Waals surface area contributed by atoms with Crippen molar-refractivity contribution >= 4 is 6.09 Å². The molecule has 0 aromatic carbocycles. The van der Waals surface area contributed by atoms with Crippen LogP contribution in [0.3, 0.4) is 0 Å². The highest BCUT2D eigenvalue weighted by Crippen LogP contribution is 2.39. The third-order valence-corrected chi connectivity index (χ3v) is 3.73. The molecule has 1 saturated heterocycles. The van der Waals surface area contributed by atoms with E-state index in [1.165, 1.54) is 6.42 Å². The Bertz CT molecular complexity index is 335. The van der Waals surface area contributed by atoms with Crippen molar-refractivity contribution in [2.24, 2.45) is 11.8 Å². The Hall–Kier alpha value is -1.25. The summed E-state index contributed by atoms with van der Waals surface area (Å²) in [6.45, 7) is 1.33. The third kappa shape index (κ3) is 1.37. The van der Waals surface area contributed by atoms with Gasteiger partial charge in [-0.05, 0) is 18.8 Å². The first-order chi connectivity index (χ1) is 7.36. The minimum absolute atomic E-state index is 0.122. The van der Waals surface area contributed by atoms with E-state index in [9.17, 15) is 4.79 Å². The molecule has 15 heavy (non-hydrogen) atoms. The first-order valence-electron chi connectivity index (χ1n) is 5.64. The quantitative estimate of drug-likeness (QED) is 0.655. The summed E-state index contributed by atoms with van der Waals surface area (Å²) in [5, 5.41) is 0. The summed E-state index contributed by atoms with van der Waals surface area (Å²) < 4.78 is 5.00.